The van der Waals surface area contributed by atoms with Gasteiger partial charge in [0.25, 0.3) is 0 Å². The Labute approximate surface area is 144 Å². The Morgan fingerprint density at radius 3 is 2.75 bits per heavy atom. The van der Waals surface area contributed by atoms with Gasteiger partial charge in [0.2, 0.25) is 4.74 Å². The molecule has 0 aliphatic rings. The third-order valence-corrected chi connectivity index (χ3v) is 4.21. The molecule has 7 heteroatoms. The number of esters is 1. The lowest BCUT2D eigenvalue weighted by Gasteiger charge is -2.10. The zero-order chi connectivity index (χ0) is 17.4. The molecule has 24 heavy (non-hydrogen) atoms. The molecule has 0 saturated heterocycles. The third kappa shape index (κ3) is 5.30. The Kier molecular flexibility index (Phi) is 7.17. The van der Waals surface area contributed by atoms with Gasteiger partial charge >= 0.3 is 5.97 Å². The third-order valence-electron chi connectivity index (χ3n) is 3.31. The average molecular weight is 351 g/mol. The van der Waals surface area contributed by atoms with Gasteiger partial charge in [-0.25, -0.2) is 0 Å². The summed E-state index contributed by atoms with van der Waals surface area (Å²) in [6.45, 7) is 2.89. The molecule has 2 N–H and O–H groups in total. The number of carbonyl (C=O) groups excluding carboxylic acids is 1. The number of fused-ring (bicyclic) bond motifs is 1. The number of benzene rings is 1. The van der Waals surface area contributed by atoms with Crippen LogP contribution in [0.4, 0.5) is 0 Å². The number of nitrogens with two attached hydrogens (primary N) is 1. The summed E-state index contributed by atoms with van der Waals surface area (Å²) in [7, 11) is 0. The maximum absolute atomic E-state index is 11.7. The molecule has 1 aromatic carbocycles. The lowest BCUT2D eigenvalue weighted by molar-refractivity contribution is -0.146. The molecule has 0 fully saturated rings. The summed E-state index contributed by atoms with van der Waals surface area (Å²) < 4.78 is 16.8. The summed E-state index contributed by atoms with van der Waals surface area (Å²) in [6, 6.07) is 8.50. The van der Waals surface area contributed by atoms with Crippen LogP contribution >= 0.6 is 11.3 Å². The molecule has 1 atom stereocenters. The Morgan fingerprint density at radius 2 is 1.96 bits per heavy atom. The van der Waals surface area contributed by atoms with E-state index in [0.29, 0.717) is 25.4 Å². The minimum Gasteiger partial charge on any atom is -0.490 e. The standard InChI is InChI=1S/C17H21NO5S/c1-2-13(18)17(20)23-10-8-21-7-9-22-14-11-16(19)24-15-6-4-3-5-12(14)15/h3-6,11,13H,2,7-10,18H2,1H3. The Hall–Kier alpha value is -1.96. The van der Waals surface area contributed by atoms with E-state index in [0.717, 1.165) is 10.1 Å². The van der Waals surface area contributed by atoms with E-state index in [-0.39, 0.29) is 18.0 Å². The van der Waals surface area contributed by atoms with Crippen molar-refractivity contribution in [2.45, 2.75) is 19.4 Å². The van der Waals surface area contributed by atoms with Crippen molar-refractivity contribution in [1.82, 2.24) is 0 Å². The minimum absolute atomic E-state index is 0.0520. The normalized spacial score (nSPS) is 12.1. The van der Waals surface area contributed by atoms with Gasteiger partial charge in [-0.2, -0.15) is 0 Å². The molecule has 0 amide bonds. The van der Waals surface area contributed by atoms with Crippen molar-refractivity contribution in [2.24, 2.45) is 5.73 Å². The van der Waals surface area contributed by atoms with Crippen LogP contribution in [0.1, 0.15) is 13.3 Å². The first-order valence-corrected chi connectivity index (χ1v) is 8.59. The van der Waals surface area contributed by atoms with E-state index in [1.807, 2.05) is 31.2 Å². The molecule has 130 valence electrons. The molecular weight excluding hydrogens is 330 g/mol. The molecule has 0 spiro atoms. The van der Waals surface area contributed by atoms with Gasteiger partial charge in [-0.15, -0.1) is 0 Å². The zero-order valence-corrected chi connectivity index (χ0v) is 14.3. The second-order valence-electron chi connectivity index (χ2n) is 5.07. The summed E-state index contributed by atoms with van der Waals surface area (Å²) in [6.07, 6.45) is 0.543. The van der Waals surface area contributed by atoms with Crippen molar-refractivity contribution >= 4 is 27.4 Å². The van der Waals surface area contributed by atoms with Gasteiger partial charge in [-0.1, -0.05) is 30.4 Å². The van der Waals surface area contributed by atoms with Crippen LogP contribution in [-0.4, -0.2) is 38.4 Å². The van der Waals surface area contributed by atoms with Crippen molar-refractivity contribution < 1.29 is 19.0 Å². The van der Waals surface area contributed by atoms with Gasteiger partial charge < -0.3 is 19.9 Å². The van der Waals surface area contributed by atoms with Crippen LogP contribution in [0.15, 0.2) is 35.1 Å². The highest BCUT2D eigenvalue weighted by atomic mass is 32.1. The quantitative estimate of drug-likeness (QED) is 0.549. The Balaban J connectivity index is 1.72. The van der Waals surface area contributed by atoms with Crippen LogP contribution in [0, 0.1) is 0 Å². The maximum atomic E-state index is 11.7. The molecular formula is C17H21NO5S. The van der Waals surface area contributed by atoms with Gasteiger partial charge in [0.05, 0.1) is 13.2 Å². The van der Waals surface area contributed by atoms with Crippen LogP contribution in [0.3, 0.4) is 0 Å². The molecule has 0 radical (unpaired) electrons. The van der Waals surface area contributed by atoms with Crippen molar-refractivity contribution in [2.75, 3.05) is 26.4 Å². The first-order valence-electron chi connectivity index (χ1n) is 7.77. The molecule has 2 aromatic rings. The fourth-order valence-corrected chi connectivity index (χ4v) is 2.80. The monoisotopic (exact) mass is 351 g/mol. The van der Waals surface area contributed by atoms with E-state index in [9.17, 15) is 9.59 Å². The minimum atomic E-state index is -0.581. The molecule has 1 unspecified atom stereocenters. The molecule has 2 rings (SSSR count). The number of hydrogen-bond donors (Lipinski definition) is 1. The zero-order valence-electron chi connectivity index (χ0n) is 13.5. The molecule has 1 heterocycles. The van der Waals surface area contributed by atoms with Crippen LogP contribution < -0.4 is 15.2 Å². The van der Waals surface area contributed by atoms with Crippen molar-refractivity contribution in [3.8, 4) is 5.75 Å². The highest BCUT2D eigenvalue weighted by Crippen LogP contribution is 2.25. The molecule has 0 aliphatic carbocycles. The topological polar surface area (TPSA) is 87.9 Å². The summed E-state index contributed by atoms with van der Waals surface area (Å²) >= 11 is 1.19. The van der Waals surface area contributed by atoms with Crippen LogP contribution in [-0.2, 0) is 14.3 Å². The number of ether oxygens (including phenoxy) is 3. The first-order chi connectivity index (χ1) is 11.6. The van der Waals surface area contributed by atoms with Gasteiger partial charge in [-0.3, -0.25) is 9.59 Å². The largest absolute Gasteiger partial charge is 0.490 e. The van der Waals surface area contributed by atoms with Gasteiger partial charge in [0.15, 0.2) is 0 Å². The van der Waals surface area contributed by atoms with Crippen LogP contribution in [0.25, 0.3) is 10.1 Å². The highest BCUT2D eigenvalue weighted by Gasteiger charge is 2.11. The molecule has 0 aliphatic heterocycles. The van der Waals surface area contributed by atoms with Crippen molar-refractivity contribution in [3.63, 3.8) is 0 Å². The predicted octanol–water partition coefficient (Wildman–Crippen LogP) is 1.94. The van der Waals surface area contributed by atoms with Gasteiger partial charge in [-0.05, 0) is 18.6 Å². The number of carbonyl (C=O) groups is 1. The SMILES string of the molecule is CCC(N)C(=O)OCCOCCOc1cc(=O)sc2ccccc12. The molecule has 0 bridgehead atoms. The van der Waals surface area contributed by atoms with Crippen LogP contribution in [0.2, 0.25) is 0 Å². The molecule has 0 saturated carbocycles. The van der Waals surface area contributed by atoms with E-state index in [1.165, 1.54) is 17.4 Å². The lowest BCUT2D eigenvalue weighted by atomic mass is 10.2. The summed E-state index contributed by atoms with van der Waals surface area (Å²) in [4.78, 5) is 23.0. The van der Waals surface area contributed by atoms with Crippen molar-refractivity contribution in [1.29, 1.82) is 0 Å². The van der Waals surface area contributed by atoms with Crippen molar-refractivity contribution in [3.05, 3.63) is 39.9 Å². The Bertz CT molecular complexity index is 730. The van der Waals surface area contributed by atoms with E-state index in [1.54, 1.807) is 0 Å². The summed E-state index contributed by atoms with van der Waals surface area (Å²) in [5.74, 6) is 0.135. The fourth-order valence-electron chi connectivity index (χ4n) is 1.99. The highest BCUT2D eigenvalue weighted by molar-refractivity contribution is 7.16. The van der Waals surface area contributed by atoms with Gasteiger partial charge in [0, 0.05) is 16.2 Å². The van der Waals surface area contributed by atoms with Crippen LogP contribution in [0.5, 0.6) is 5.75 Å². The van der Waals surface area contributed by atoms with E-state index in [4.69, 9.17) is 19.9 Å². The van der Waals surface area contributed by atoms with E-state index < -0.39 is 12.0 Å². The van der Waals surface area contributed by atoms with E-state index >= 15 is 0 Å². The van der Waals surface area contributed by atoms with E-state index in [2.05, 4.69) is 0 Å². The number of hydrogen-bond acceptors (Lipinski definition) is 7. The summed E-state index contributed by atoms with van der Waals surface area (Å²) in [5.41, 5.74) is 5.54. The molecule has 6 nitrogen and oxygen atoms in total. The second kappa shape index (κ2) is 9.36. The average Bonchev–Trinajstić information content (AvgIpc) is 2.59. The smallest absolute Gasteiger partial charge is 0.322 e. The molecule has 1 aromatic heterocycles. The second-order valence-corrected chi connectivity index (χ2v) is 6.12. The fraction of sp³-hybridized carbons (Fsp3) is 0.412. The number of rotatable bonds is 9. The predicted molar refractivity (Wildman–Crippen MR) is 93.6 cm³/mol. The van der Waals surface area contributed by atoms with Gasteiger partial charge in [0.1, 0.15) is 25.0 Å². The summed E-state index contributed by atoms with van der Waals surface area (Å²) in [5, 5.41) is 0.907. The Morgan fingerprint density at radius 1 is 1.21 bits per heavy atom. The maximum Gasteiger partial charge on any atom is 0.322 e. The lowest BCUT2D eigenvalue weighted by Crippen LogP contribution is -2.32. The first kappa shape index (κ1) is 18.4.